The van der Waals surface area contributed by atoms with Gasteiger partial charge in [-0.15, -0.1) is 0 Å². The maximum Gasteiger partial charge on any atom is 0.338 e. The average Bonchev–Trinajstić information content (AvgIpc) is 2.77. The zero-order valence-electron chi connectivity index (χ0n) is 10.9. The first-order valence-corrected chi connectivity index (χ1v) is 6.06. The molecule has 1 heterocycles. The second kappa shape index (κ2) is 6.23. The van der Waals surface area contributed by atoms with Crippen LogP contribution in [0.5, 0.6) is 0 Å². The molecule has 5 heteroatoms. The van der Waals surface area contributed by atoms with Crippen molar-refractivity contribution in [3.63, 3.8) is 0 Å². The molecule has 0 spiro atoms. The van der Waals surface area contributed by atoms with E-state index in [2.05, 4.69) is 19.2 Å². The maximum absolute atomic E-state index is 11.8. The van der Waals surface area contributed by atoms with Crippen molar-refractivity contribution in [1.82, 2.24) is 5.32 Å². The largest absolute Gasteiger partial charge is 0.478 e. The summed E-state index contributed by atoms with van der Waals surface area (Å²) in [6.45, 7) is 6.15. The van der Waals surface area contributed by atoms with Crippen LogP contribution in [-0.4, -0.2) is 23.0 Å². The molecule has 0 aliphatic heterocycles. The van der Waals surface area contributed by atoms with E-state index in [1.807, 2.05) is 6.92 Å². The van der Waals surface area contributed by atoms with E-state index in [1.54, 1.807) is 0 Å². The second-order valence-corrected chi connectivity index (χ2v) is 4.63. The van der Waals surface area contributed by atoms with E-state index in [4.69, 9.17) is 9.52 Å². The maximum atomic E-state index is 11.8. The zero-order valence-corrected chi connectivity index (χ0v) is 10.9. The molecule has 0 saturated carbocycles. The summed E-state index contributed by atoms with van der Waals surface area (Å²) in [4.78, 5) is 22.4. The lowest BCUT2D eigenvalue weighted by Crippen LogP contribution is -2.33. The van der Waals surface area contributed by atoms with Gasteiger partial charge >= 0.3 is 5.97 Å². The van der Waals surface area contributed by atoms with Crippen molar-refractivity contribution in [3.8, 4) is 0 Å². The Labute approximate surface area is 106 Å². The minimum atomic E-state index is -1.11. The molecule has 0 saturated heterocycles. The Balaban J connectivity index is 2.56. The number of carboxylic acid groups (broad SMARTS) is 1. The number of rotatable bonds is 6. The van der Waals surface area contributed by atoms with Gasteiger partial charge in [-0.2, -0.15) is 0 Å². The molecule has 1 amide bonds. The molecule has 0 aliphatic carbocycles. The van der Waals surface area contributed by atoms with E-state index in [9.17, 15) is 9.59 Å². The topological polar surface area (TPSA) is 79.5 Å². The van der Waals surface area contributed by atoms with Crippen LogP contribution in [-0.2, 0) is 0 Å². The number of aromatic carboxylic acids is 1. The Morgan fingerprint density at radius 2 is 2.11 bits per heavy atom. The number of nitrogens with one attached hydrogen (secondary N) is 1. The Morgan fingerprint density at radius 1 is 1.44 bits per heavy atom. The Morgan fingerprint density at radius 3 is 2.61 bits per heavy atom. The molecule has 1 rings (SSSR count). The van der Waals surface area contributed by atoms with Crippen LogP contribution < -0.4 is 5.32 Å². The van der Waals surface area contributed by atoms with E-state index in [1.165, 1.54) is 6.07 Å². The standard InChI is InChI=1S/C13H19NO4/c1-4-8(2)5-9(3)14-12(15)11-6-10(7-18-11)13(16)17/h6-9H,4-5H2,1-3H3,(H,14,15)(H,16,17). The van der Waals surface area contributed by atoms with Gasteiger partial charge in [-0.25, -0.2) is 4.79 Å². The summed E-state index contributed by atoms with van der Waals surface area (Å²) in [7, 11) is 0. The smallest absolute Gasteiger partial charge is 0.338 e. The second-order valence-electron chi connectivity index (χ2n) is 4.63. The fraction of sp³-hybridized carbons (Fsp3) is 0.538. The molecular weight excluding hydrogens is 234 g/mol. The number of carbonyl (C=O) groups excluding carboxylic acids is 1. The predicted octanol–water partition coefficient (Wildman–Crippen LogP) is 2.53. The van der Waals surface area contributed by atoms with Crippen molar-refractivity contribution in [2.24, 2.45) is 5.92 Å². The number of amides is 1. The number of carboxylic acids is 1. The first-order chi connectivity index (χ1) is 8.43. The van der Waals surface area contributed by atoms with Gasteiger partial charge < -0.3 is 14.8 Å². The normalized spacial score (nSPS) is 13.9. The van der Waals surface area contributed by atoms with Gasteiger partial charge in [0.15, 0.2) is 5.76 Å². The van der Waals surface area contributed by atoms with Gasteiger partial charge in [0.05, 0.1) is 5.56 Å². The minimum Gasteiger partial charge on any atom is -0.478 e. The monoisotopic (exact) mass is 253 g/mol. The van der Waals surface area contributed by atoms with Crippen molar-refractivity contribution < 1.29 is 19.1 Å². The molecular formula is C13H19NO4. The third-order valence-corrected chi connectivity index (χ3v) is 2.90. The molecule has 0 bridgehead atoms. The molecule has 0 aliphatic rings. The van der Waals surface area contributed by atoms with Gasteiger partial charge in [0.25, 0.3) is 5.91 Å². The van der Waals surface area contributed by atoms with Crippen molar-refractivity contribution in [3.05, 3.63) is 23.7 Å². The molecule has 0 aromatic carbocycles. The van der Waals surface area contributed by atoms with Crippen LogP contribution in [0.25, 0.3) is 0 Å². The van der Waals surface area contributed by atoms with Crippen LogP contribution in [0.15, 0.2) is 16.7 Å². The highest BCUT2D eigenvalue weighted by Crippen LogP contribution is 2.11. The van der Waals surface area contributed by atoms with Gasteiger partial charge in [-0.1, -0.05) is 20.3 Å². The van der Waals surface area contributed by atoms with E-state index in [-0.39, 0.29) is 23.3 Å². The molecule has 2 atom stereocenters. The van der Waals surface area contributed by atoms with E-state index >= 15 is 0 Å². The van der Waals surface area contributed by atoms with Gasteiger partial charge in [0.1, 0.15) is 6.26 Å². The fourth-order valence-electron chi connectivity index (χ4n) is 1.69. The van der Waals surface area contributed by atoms with Crippen LogP contribution in [0.1, 0.15) is 54.5 Å². The molecule has 1 aromatic rings. The van der Waals surface area contributed by atoms with E-state index in [0.717, 1.165) is 19.1 Å². The average molecular weight is 253 g/mol. The summed E-state index contributed by atoms with van der Waals surface area (Å²) in [5.41, 5.74) is -0.0188. The van der Waals surface area contributed by atoms with Crippen LogP contribution in [0.3, 0.4) is 0 Å². The Kier molecular flexibility index (Phi) is 4.95. The van der Waals surface area contributed by atoms with Crippen LogP contribution in [0, 0.1) is 5.92 Å². The van der Waals surface area contributed by atoms with Crippen molar-refractivity contribution in [2.45, 2.75) is 39.7 Å². The first kappa shape index (κ1) is 14.3. The summed E-state index contributed by atoms with van der Waals surface area (Å²) in [5.74, 6) is -0.918. The molecule has 18 heavy (non-hydrogen) atoms. The van der Waals surface area contributed by atoms with Crippen LogP contribution in [0.4, 0.5) is 0 Å². The molecule has 5 nitrogen and oxygen atoms in total. The van der Waals surface area contributed by atoms with E-state index in [0.29, 0.717) is 5.92 Å². The number of hydrogen-bond acceptors (Lipinski definition) is 3. The van der Waals surface area contributed by atoms with Crippen molar-refractivity contribution in [1.29, 1.82) is 0 Å². The Bertz CT molecular complexity index is 424. The lowest BCUT2D eigenvalue weighted by molar-refractivity contribution is 0.0695. The highest BCUT2D eigenvalue weighted by Gasteiger charge is 2.17. The number of carbonyl (C=O) groups is 2. The lowest BCUT2D eigenvalue weighted by atomic mass is 10.0. The quantitative estimate of drug-likeness (QED) is 0.816. The van der Waals surface area contributed by atoms with Gasteiger partial charge in [0, 0.05) is 12.1 Å². The molecule has 2 N–H and O–H groups in total. The number of furan rings is 1. The lowest BCUT2D eigenvalue weighted by Gasteiger charge is -2.16. The van der Waals surface area contributed by atoms with Crippen LogP contribution >= 0.6 is 0 Å². The first-order valence-electron chi connectivity index (χ1n) is 6.06. The fourth-order valence-corrected chi connectivity index (χ4v) is 1.69. The van der Waals surface area contributed by atoms with Gasteiger partial charge in [-0.05, 0) is 19.3 Å². The van der Waals surface area contributed by atoms with Crippen LogP contribution in [0.2, 0.25) is 0 Å². The third-order valence-electron chi connectivity index (χ3n) is 2.90. The highest BCUT2D eigenvalue weighted by atomic mass is 16.4. The summed E-state index contributed by atoms with van der Waals surface area (Å²) >= 11 is 0. The van der Waals surface area contributed by atoms with E-state index < -0.39 is 5.97 Å². The summed E-state index contributed by atoms with van der Waals surface area (Å²) in [5, 5.41) is 11.5. The summed E-state index contributed by atoms with van der Waals surface area (Å²) in [6.07, 6.45) is 3.01. The Hall–Kier alpha value is -1.78. The summed E-state index contributed by atoms with van der Waals surface area (Å²) < 4.78 is 4.93. The predicted molar refractivity (Wildman–Crippen MR) is 66.7 cm³/mol. The SMILES string of the molecule is CCC(C)CC(C)NC(=O)c1cc(C(=O)O)co1. The molecule has 0 fully saturated rings. The van der Waals surface area contributed by atoms with Gasteiger partial charge in [0.2, 0.25) is 0 Å². The van der Waals surface area contributed by atoms with Crippen molar-refractivity contribution >= 4 is 11.9 Å². The highest BCUT2D eigenvalue weighted by molar-refractivity contribution is 5.95. The number of hydrogen-bond donors (Lipinski definition) is 2. The molecule has 1 aromatic heterocycles. The molecule has 2 unspecified atom stereocenters. The zero-order chi connectivity index (χ0) is 13.7. The third kappa shape index (κ3) is 3.91. The van der Waals surface area contributed by atoms with Crippen molar-refractivity contribution in [2.75, 3.05) is 0 Å². The minimum absolute atomic E-state index is 0.0188. The molecule has 0 radical (unpaired) electrons. The molecule has 100 valence electrons. The summed E-state index contributed by atoms with van der Waals surface area (Å²) in [6, 6.07) is 1.26. The van der Waals surface area contributed by atoms with Gasteiger partial charge in [-0.3, -0.25) is 4.79 Å².